The number of H-pyrrole nitrogens is 1. The summed E-state index contributed by atoms with van der Waals surface area (Å²) in [4.78, 5) is 25.7. The molecule has 122 valence electrons. The molecule has 0 spiro atoms. The van der Waals surface area contributed by atoms with Crippen molar-refractivity contribution in [3.8, 4) is 0 Å². The number of hydrogen-bond donors (Lipinski definition) is 2. The lowest BCUT2D eigenvalue weighted by Gasteiger charge is -2.08. The van der Waals surface area contributed by atoms with Gasteiger partial charge >= 0.3 is 0 Å². The molecule has 2 aromatic heterocycles. The van der Waals surface area contributed by atoms with Crippen molar-refractivity contribution in [2.75, 3.05) is 5.75 Å². The lowest BCUT2D eigenvalue weighted by molar-refractivity contribution is -0.507. The van der Waals surface area contributed by atoms with Crippen molar-refractivity contribution in [2.45, 2.75) is 31.3 Å². The van der Waals surface area contributed by atoms with Gasteiger partial charge in [0.15, 0.2) is 5.65 Å². The fourth-order valence-corrected chi connectivity index (χ4v) is 2.80. The highest BCUT2D eigenvalue weighted by Crippen LogP contribution is 2.22. The van der Waals surface area contributed by atoms with Crippen molar-refractivity contribution in [3.05, 3.63) is 34.4 Å². The number of allylic oxidation sites excluding steroid dienone is 1. The number of imidazole rings is 1. The number of aromatic nitrogens is 4. The predicted octanol–water partition coefficient (Wildman–Crippen LogP) is 2.28. The largest absolute Gasteiger partial charge is 0.411 e. The zero-order valence-corrected chi connectivity index (χ0v) is 13.4. The monoisotopic (exact) mass is 336 g/mol. The molecule has 2 rings (SSSR count). The van der Waals surface area contributed by atoms with Gasteiger partial charge in [0.1, 0.15) is 16.9 Å². The maximum Gasteiger partial charge on any atom is 0.231 e. The van der Waals surface area contributed by atoms with Gasteiger partial charge in [0, 0.05) is 23.2 Å². The normalized spacial score (nSPS) is 14.2. The molecule has 0 aliphatic heterocycles. The smallest absolute Gasteiger partial charge is 0.231 e. The highest BCUT2D eigenvalue weighted by atomic mass is 32.2. The summed E-state index contributed by atoms with van der Waals surface area (Å²) in [6.45, 7) is 3.34. The van der Waals surface area contributed by atoms with Crippen molar-refractivity contribution in [3.63, 3.8) is 0 Å². The van der Waals surface area contributed by atoms with Crippen LogP contribution < -0.4 is 0 Å². The number of fused-ring (bicyclic) bond motifs is 1. The van der Waals surface area contributed by atoms with Crippen LogP contribution in [-0.2, 0) is 0 Å². The molecule has 0 amide bonds. The van der Waals surface area contributed by atoms with Gasteiger partial charge in [0.2, 0.25) is 6.04 Å². The van der Waals surface area contributed by atoms with Gasteiger partial charge in [-0.15, -0.1) is 0 Å². The van der Waals surface area contributed by atoms with Crippen LogP contribution >= 0.6 is 11.8 Å². The summed E-state index contributed by atoms with van der Waals surface area (Å²) in [7, 11) is 0. The van der Waals surface area contributed by atoms with E-state index in [1.807, 2.05) is 6.92 Å². The van der Waals surface area contributed by atoms with Gasteiger partial charge in [-0.1, -0.05) is 23.8 Å². The molecule has 0 saturated heterocycles. The molecule has 0 aliphatic rings. The Morgan fingerprint density at radius 3 is 3.00 bits per heavy atom. The van der Waals surface area contributed by atoms with Crippen LogP contribution in [0, 0.1) is 10.1 Å². The standard InChI is InChI=1S/C13H16N6O3S/c1-3-9(8(2)19(21)22)4-10(18-20)5-23-13-11-12(15-6-14-11)16-7-17-13/h4,6-8,20H,3,5H2,1-2H3,(H,14,15,16,17)/b9-4+,18-10-. The van der Waals surface area contributed by atoms with Gasteiger partial charge in [-0.3, -0.25) is 10.1 Å². The van der Waals surface area contributed by atoms with Crippen LogP contribution in [0.4, 0.5) is 0 Å². The molecule has 2 aromatic rings. The molecule has 0 aromatic carbocycles. The molecule has 23 heavy (non-hydrogen) atoms. The third-order valence-corrected chi connectivity index (χ3v) is 4.31. The second-order valence-corrected chi connectivity index (χ2v) is 5.66. The summed E-state index contributed by atoms with van der Waals surface area (Å²) in [5, 5.41) is 23.9. The number of hydrogen-bond acceptors (Lipinski definition) is 8. The average molecular weight is 336 g/mol. The Morgan fingerprint density at radius 2 is 2.35 bits per heavy atom. The van der Waals surface area contributed by atoms with Crippen LogP contribution in [0.3, 0.4) is 0 Å². The van der Waals surface area contributed by atoms with Crippen LogP contribution in [0.2, 0.25) is 0 Å². The molecular formula is C13H16N6O3S. The summed E-state index contributed by atoms with van der Waals surface area (Å²) >= 11 is 1.33. The number of aromatic amines is 1. The minimum atomic E-state index is -0.819. The van der Waals surface area contributed by atoms with Crippen LogP contribution in [0.25, 0.3) is 11.2 Å². The molecule has 0 bridgehead atoms. The molecule has 2 N–H and O–H groups in total. The summed E-state index contributed by atoms with van der Waals surface area (Å²) in [6.07, 6.45) is 5.00. The van der Waals surface area contributed by atoms with E-state index in [0.717, 1.165) is 0 Å². The molecule has 10 heteroatoms. The first-order chi connectivity index (χ1) is 11.1. The predicted molar refractivity (Wildman–Crippen MR) is 86.5 cm³/mol. The Morgan fingerprint density at radius 1 is 1.57 bits per heavy atom. The van der Waals surface area contributed by atoms with Crippen molar-refractivity contribution in [1.29, 1.82) is 0 Å². The van der Waals surface area contributed by atoms with E-state index in [-0.39, 0.29) is 4.92 Å². The highest BCUT2D eigenvalue weighted by molar-refractivity contribution is 8.00. The average Bonchev–Trinajstić information content (AvgIpc) is 3.03. The fraction of sp³-hybridized carbons (Fsp3) is 0.385. The van der Waals surface area contributed by atoms with E-state index < -0.39 is 6.04 Å². The third kappa shape index (κ3) is 4.03. The van der Waals surface area contributed by atoms with Gasteiger partial charge in [-0.2, -0.15) is 0 Å². The Kier molecular flexibility index (Phi) is 5.63. The summed E-state index contributed by atoms with van der Waals surface area (Å²) < 4.78 is 0. The van der Waals surface area contributed by atoms with Crippen molar-refractivity contribution in [1.82, 2.24) is 19.9 Å². The third-order valence-electron chi connectivity index (χ3n) is 3.29. The van der Waals surface area contributed by atoms with Crippen molar-refractivity contribution in [2.24, 2.45) is 5.16 Å². The molecule has 1 unspecified atom stereocenters. The van der Waals surface area contributed by atoms with E-state index in [1.165, 1.54) is 31.3 Å². The van der Waals surface area contributed by atoms with E-state index in [9.17, 15) is 10.1 Å². The number of oxime groups is 1. The second-order valence-electron chi connectivity index (χ2n) is 4.69. The first-order valence-corrected chi connectivity index (χ1v) is 7.87. The van der Waals surface area contributed by atoms with Crippen LogP contribution in [0.1, 0.15) is 20.3 Å². The van der Waals surface area contributed by atoms with E-state index >= 15 is 0 Å². The Labute approximate surface area is 136 Å². The fourth-order valence-electron chi connectivity index (χ4n) is 1.96. The van der Waals surface area contributed by atoms with Gasteiger partial charge in [-0.25, -0.2) is 15.0 Å². The molecule has 0 radical (unpaired) electrons. The second kappa shape index (κ2) is 7.68. The number of nitro groups is 1. The van der Waals surface area contributed by atoms with Gasteiger partial charge in [-0.05, 0) is 12.5 Å². The number of thioether (sulfide) groups is 1. The Balaban J connectivity index is 2.14. The van der Waals surface area contributed by atoms with Crippen LogP contribution in [-0.4, -0.2) is 47.6 Å². The molecule has 0 saturated carbocycles. The number of rotatable bonds is 7. The molecule has 0 aliphatic carbocycles. The SMILES string of the molecule is CC/C(=C\C(CSc1ncnc2nc[nH]c12)=N\O)C(C)[N+](=O)[O-]. The van der Waals surface area contributed by atoms with E-state index in [2.05, 4.69) is 25.1 Å². The highest BCUT2D eigenvalue weighted by Gasteiger charge is 2.18. The molecule has 9 nitrogen and oxygen atoms in total. The minimum absolute atomic E-state index is 0.315. The lowest BCUT2D eigenvalue weighted by atomic mass is 10.1. The minimum Gasteiger partial charge on any atom is -0.411 e. The maximum absolute atomic E-state index is 10.9. The van der Waals surface area contributed by atoms with E-state index in [4.69, 9.17) is 5.21 Å². The molecule has 0 fully saturated rings. The van der Waals surface area contributed by atoms with Crippen molar-refractivity contribution >= 4 is 28.6 Å². The van der Waals surface area contributed by atoms with E-state index in [1.54, 1.807) is 6.08 Å². The summed E-state index contributed by atoms with van der Waals surface area (Å²) in [5.74, 6) is 0.315. The van der Waals surface area contributed by atoms with Gasteiger partial charge in [0.25, 0.3) is 0 Å². The maximum atomic E-state index is 10.9. The Hall–Kier alpha value is -2.49. The van der Waals surface area contributed by atoms with Crippen LogP contribution in [0.5, 0.6) is 0 Å². The zero-order valence-electron chi connectivity index (χ0n) is 12.6. The van der Waals surface area contributed by atoms with Gasteiger partial charge < -0.3 is 10.2 Å². The molecular weight excluding hydrogens is 320 g/mol. The lowest BCUT2D eigenvalue weighted by Crippen LogP contribution is -2.18. The molecule has 2 heterocycles. The summed E-state index contributed by atoms with van der Waals surface area (Å²) in [6, 6.07) is -0.819. The zero-order chi connectivity index (χ0) is 16.8. The molecule has 1 atom stereocenters. The first kappa shape index (κ1) is 16.9. The van der Waals surface area contributed by atoms with E-state index in [0.29, 0.717) is 39.6 Å². The first-order valence-electron chi connectivity index (χ1n) is 6.88. The number of nitrogens with zero attached hydrogens (tertiary/aromatic N) is 5. The van der Waals surface area contributed by atoms with Gasteiger partial charge in [0.05, 0.1) is 12.0 Å². The topological polar surface area (TPSA) is 130 Å². The van der Waals surface area contributed by atoms with Crippen LogP contribution in [0.15, 0.2) is 34.5 Å². The van der Waals surface area contributed by atoms with Crippen molar-refractivity contribution < 1.29 is 10.1 Å². The number of nitrogens with one attached hydrogen (secondary N) is 1. The quantitative estimate of drug-likeness (QED) is 0.198. The summed E-state index contributed by atoms with van der Waals surface area (Å²) in [5.41, 5.74) is 2.19. The Bertz CT molecular complexity index is 757.